The Morgan fingerprint density at radius 1 is 1.35 bits per heavy atom. The van der Waals surface area contributed by atoms with Crippen LogP contribution in [0.5, 0.6) is 5.75 Å². The highest BCUT2D eigenvalue weighted by Gasteiger charge is 2.19. The Balaban J connectivity index is 1.43. The van der Waals surface area contributed by atoms with Gasteiger partial charge in [0.15, 0.2) is 22.4 Å². The number of aromatic nitrogens is 3. The van der Waals surface area contributed by atoms with Crippen LogP contribution in [0.2, 0.25) is 10.0 Å². The average molecular weight is 483 g/mol. The van der Waals surface area contributed by atoms with Gasteiger partial charge in [-0.25, -0.2) is 9.37 Å². The van der Waals surface area contributed by atoms with Crippen LogP contribution in [0.4, 0.5) is 15.3 Å². The summed E-state index contributed by atoms with van der Waals surface area (Å²) >= 11 is 13.5. The van der Waals surface area contributed by atoms with Crippen molar-refractivity contribution in [3.05, 3.63) is 55.9 Å². The molecule has 8 nitrogen and oxygen atoms in total. The molecule has 0 atom stereocenters. The van der Waals surface area contributed by atoms with Gasteiger partial charge in [0.25, 0.3) is 5.91 Å². The minimum atomic E-state index is -0.565. The zero-order valence-electron chi connectivity index (χ0n) is 16.0. The van der Waals surface area contributed by atoms with Gasteiger partial charge in [0.2, 0.25) is 0 Å². The Bertz CT molecular complexity index is 1120. The van der Waals surface area contributed by atoms with Crippen LogP contribution in [-0.2, 0) is 19.4 Å². The molecule has 0 fully saturated rings. The Labute approximate surface area is 190 Å². The summed E-state index contributed by atoms with van der Waals surface area (Å²) < 4.78 is 19.3. The Hall–Kier alpha value is -2.53. The van der Waals surface area contributed by atoms with Crippen LogP contribution < -0.4 is 21.1 Å². The largest absolute Gasteiger partial charge is 0.489 e. The van der Waals surface area contributed by atoms with Gasteiger partial charge in [-0.2, -0.15) is 0 Å². The molecule has 0 saturated heterocycles. The van der Waals surface area contributed by atoms with Crippen LogP contribution in [0, 0.1) is 5.82 Å². The van der Waals surface area contributed by atoms with Crippen LogP contribution >= 0.6 is 34.5 Å². The first-order valence-electron chi connectivity index (χ1n) is 9.31. The summed E-state index contributed by atoms with van der Waals surface area (Å²) in [5.74, 6) is -0.854. The number of nitrogens with zero attached hydrogens (tertiary/aromatic N) is 3. The molecule has 162 valence electrons. The van der Waals surface area contributed by atoms with E-state index in [1.807, 2.05) is 0 Å². The predicted molar refractivity (Wildman–Crippen MR) is 118 cm³/mol. The molecule has 0 aliphatic carbocycles. The molecule has 31 heavy (non-hydrogen) atoms. The van der Waals surface area contributed by atoms with E-state index >= 15 is 0 Å². The van der Waals surface area contributed by atoms with Crippen LogP contribution in [0.1, 0.15) is 26.6 Å². The van der Waals surface area contributed by atoms with E-state index in [9.17, 15) is 9.18 Å². The fraction of sp³-hybridized carbons (Fsp3) is 0.263. The molecule has 1 aromatic carbocycles. The molecule has 12 heteroatoms. The summed E-state index contributed by atoms with van der Waals surface area (Å²) in [4.78, 5) is 18.1. The number of benzene rings is 1. The topological polar surface area (TPSA) is 115 Å². The summed E-state index contributed by atoms with van der Waals surface area (Å²) in [7, 11) is 0. The normalized spacial score (nSPS) is 13.0. The number of halogens is 3. The number of ether oxygens (including phenoxy) is 1. The second-order valence-electron chi connectivity index (χ2n) is 6.67. The number of amides is 1. The molecule has 3 heterocycles. The van der Waals surface area contributed by atoms with Gasteiger partial charge in [0.05, 0.1) is 17.3 Å². The zero-order chi connectivity index (χ0) is 22.0. The first kappa shape index (κ1) is 21.7. The number of fused-ring (bicyclic) bond motifs is 1. The Morgan fingerprint density at radius 2 is 2.19 bits per heavy atom. The molecule has 1 aliphatic rings. The first-order valence-corrected chi connectivity index (χ1v) is 10.9. The van der Waals surface area contributed by atoms with E-state index < -0.39 is 11.7 Å². The number of nitrogens with one attached hydrogen (secondary N) is 2. The van der Waals surface area contributed by atoms with E-state index in [1.165, 1.54) is 29.5 Å². The SMILES string of the molecule is Nc1nnc(C(=O)Nc2nc3c(s2)CNCC3)cc1OCCc1c(Cl)ccc(F)c1Cl. The van der Waals surface area contributed by atoms with Crippen LogP contribution in [0.15, 0.2) is 18.2 Å². The quantitative estimate of drug-likeness (QED) is 0.460. The number of thiazole rings is 1. The van der Waals surface area contributed by atoms with E-state index in [2.05, 4.69) is 25.8 Å². The predicted octanol–water partition coefficient (Wildman–Crippen LogP) is 3.48. The second kappa shape index (κ2) is 9.31. The second-order valence-corrected chi connectivity index (χ2v) is 8.54. The molecule has 1 amide bonds. The summed E-state index contributed by atoms with van der Waals surface area (Å²) in [5, 5.41) is 14.4. The number of hydrogen-bond donors (Lipinski definition) is 3. The van der Waals surface area contributed by atoms with Gasteiger partial charge >= 0.3 is 0 Å². The minimum absolute atomic E-state index is 0.0174. The standard InChI is InChI=1S/C19H17Cl2FN6O2S/c20-10-1-2-11(22)16(21)9(10)4-6-30-14-7-13(27-28-17(14)23)18(29)26-19-25-12-3-5-24-8-15(12)31-19/h1-2,7,24H,3-6,8H2,(H2,23,28)(H,25,26,29). The third-order valence-corrected chi connectivity index (χ3v) is 6.37. The fourth-order valence-electron chi connectivity index (χ4n) is 3.01. The number of carbonyl (C=O) groups excluding carboxylic acids is 1. The summed E-state index contributed by atoms with van der Waals surface area (Å²) in [6.45, 7) is 1.69. The Morgan fingerprint density at radius 3 is 3.00 bits per heavy atom. The number of anilines is 2. The number of hydrogen-bond acceptors (Lipinski definition) is 8. The molecule has 0 radical (unpaired) electrons. The van der Waals surface area contributed by atoms with Gasteiger partial charge in [-0.05, 0) is 17.7 Å². The molecule has 4 N–H and O–H groups in total. The van der Waals surface area contributed by atoms with Crippen LogP contribution in [0.25, 0.3) is 0 Å². The van der Waals surface area contributed by atoms with Crippen molar-refractivity contribution in [1.29, 1.82) is 0 Å². The van der Waals surface area contributed by atoms with Gasteiger partial charge in [0.1, 0.15) is 5.82 Å². The maximum Gasteiger partial charge on any atom is 0.278 e. The van der Waals surface area contributed by atoms with Crippen molar-refractivity contribution in [3.8, 4) is 5.75 Å². The lowest BCUT2D eigenvalue weighted by molar-refractivity contribution is 0.102. The van der Waals surface area contributed by atoms with Gasteiger partial charge in [-0.3, -0.25) is 10.1 Å². The van der Waals surface area contributed by atoms with Gasteiger partial charge in [0, 0.05) is 41.9 Å². The van der Waals surface area contributed by atoms with Crippen LogP contribution in [-0.4, -0.2) is 34.2 Å². The highest BCUT2D eigenvalue weighted by Crippen LogP contribution is 2.29. The van der Waals surface area contributed by atoms with Gasteiger partial charge in [-0.15, -0.1) is 21.5 Å². The lowest BCUT2D eigenvalue weighted by atomic mass is 10.1. The molecule has 0 spiro atoms. The monoisotopic (exact) mass is 482 g/mol. The van der Waals surface area contributed by atoms with Crippen molar-refractivity contribution in [2.75, 3.05) is 24.2 Å². The van der Waals surface area contributed by atoms with Crippen molar-refractivity contribution in [2.24, 2.45) is 0 Å². The molecule has 4 rings (SSSR count). The molecule has 1 aliphatic heterocycles. The summed E-state index contributed by atoms with van der Waals surface area (Å²) in [6, 6.07) is 4.01. The van der Waals surface area contributed by atoms with Gasteiger partial charge < -0.3 is 15.8 Å². The third kappa shape index (κ3) is 4.87. The van der Waals surface area contributed by atoms with Crippen molar-refractivity contribution in [3.63, 3.8) is 0 Å². The molecule has 0 saturated carbocycles. The van der Waals surface area contributed by atoms with E-state index in [-0.39, 0.29) is 35.3 Å². The summed E-state index contributed by atoms with van der Waals surface area (Å²) in [6.07, 6.45) is 1.05. The third-order valence-electron chi connectivity index (χ3n) is 4.59. The maximum atomic E-state index is 13.6. The maximum absolute atomic E-state index is 13.6. The van der Waals surface area contributed by atoms with Gasteiger partial charge in [-0.1, -0.05) is 23.2 Å². The molecule has 3 aromatic rings. The average Bonchev–Trinajstić information content (AvgIpc) is 3.16. The lowest BCUT2D eigenvalue weighted by Gasteiger charge is -2.11. The van der Waals surface area contributed by atoms with Crippen molar-refractivity contribution in [2.45, 2.75) is 19.4 Å². The van der Waals surface area contributed by atoms with E-state index in [1.54, 1.807) is 0 Å². The highest BCUT2D eigenvalue weighted by molar-refractivity contribution is 7.15. The van der Waals surface area contributed by atoms with E-state index in [0.29, 0.717) is 15.7 Å². The number of nitrogens with two attached hydrogens (primary N) is 1. The van der Waals surface area contributed by atoms with E-state index in [0.717, 1.165) is 30.1 Å². The van der Waals surface area contributed by atoms with Crippen molar-refractivity contribution < 1.29 is 13.9 Å². The number of nitrogen functional groups attached to an aromatic ring is 1. The van der Waals surface area contributed by atoms with E-state index in [4.69, 9.17) is 33.7 Å². The molecule has 2 aromatic heterocycles. The highest BCUT2D eigenvalue weighted by atomic mass is 35.5. The lowest BCUT2D eigenvalue weighted by Crippen LogP contribution is -2.22. The minimum Gasteiger partial charge on any atom is -0.489 e. The zero-order valence-corrected chi connectivity index (χ0v) is 18.4. The van der Waals surface area contributed by atoms with Crippen molar-refractivity contribution in [1.82, 2.24) is 20.5 Å². The molecular formula is C19H17Cl2FN6O2S. The Kier molecular flexibility index (Phi) is 6.51. The first-order chi connectivity index (χ1) is 14.9. The molecule has 0 unspecified atom stereocenters. The van der Waals surface area contributed by atoms with Crippen LogP contribution in [0.3, 0.4) is 0 Å². The summed E-state index contributed by atoms with van der Waals surface area (Å²) in [5.41, 5.74) is 7.24. The number of rotatable bonds is 6. The molecular weight excluding hydrogens is 466 g/mol. The number of carbonyl (C=O) groups is 1. The smallest absolute Gasteiger partial charge is 0.278 e. The van der Waals surface area contributed by atoms with Crippen molar-refractivity contribution >= 4 is 51.4 Å². The fourth-order valence-corrected chi connectivity index (χ4v) is 4.54. The molecule has 0 bridgehead atoms.